The number of rotatable bonds is 5. The standard InChI is InChI=1S/C15H17NO3S/c1-12-8-9-15(19-12)13(2)16-20(17,18)11-10-14-6-4-3-5-7-14/h3-11,13,16H,1-2H3/b11-10+. The van der Waals surface area contributed by atoms with Gasteiger partial charge in [-0.3, -0.25) is 0 Å². The van der Waals surface area contributed by atoms with Gasteiger partial charge in [0.25, 0.3) is 0 Å². The van der Waals surface area contributed by atoms with Crippen LogP contribution in [0, 0.1) is 6.92 Å². The molecular formula is C15H17NO3S. The summed E-state index contributed by atoms with van der Waals surface area (Å²) in [6.07, 6.45) is 1.56. The van der Waals surface area contributed by atoms with Crippen LogP contribution in [-0.4, -0.2) is 8.42 Å². The van der Waals surface area contributed by atoms with Crippen molar-refractivity contribution in [2.75, 3.05) is 0 Å². The molecule has 2 rings (SSSR count). The van der Waals surface area contributed by atoms with Crippen LogP contribution in [0.25, 0.3) is 6.08 Å². The Labute approximate surface area is 119 Å². The van der Waals surface area contributed by atoms with Crippen LogP contribution in [0.2, 0.25) is 0 Å². The third-order valence-corrected chi connectivity index (χ3v) is 3.94. The molecule has 106 valence electrons. The average molecular weight is 291 g/mol. The molecular weight excluding hydrogens is 274 g/mol. The summed E-state index contributed by atoms with van der Waals surface area (Å²) in [6, 6.07) is 12.4. The van der Waals surface area contributed by atoms with E-state index in [9.17, 15) is 8.42 Å². The first-order valence-electron chi connectivity index (χ1n) is 6.28. The topological polar surface area (TPSA) is 59.3 Å². The Hall–Kier alpha value is -1.85. The van der Waals surface area contributed by atoms with Crippen molar-refractivity contribution >= 4 is 16.1 Å². The fourth-order valence-corrected chi connectivity index (χ4v) is 2.79. The Bertz CT molecular complexity index is 687. The molecule has 0 spiro atoms. The van der Waals surface area contributed by atoms with Gasteiger partial charge in [-0.2, -0.15) is 0 Å². The molecule has 0 aliphatic carbocycles. The molecule has 0 radical (unpaired) electrons. The summed E-state index contributed by atoms with van der Waals surface area (Å²) in [4.78, 5) is 0. The van der Waals surface area contributed by atoms with E-state index in [0.29, 0.717) is 5.76 Å². The van der Waals surface area contributed by atoms with E-state index in [1.165, 1.54) is 0 Å². The minimum Gasteiger partial charge on any atom is -0.465 e. The molecule has 4 nitrogen and oxygen atoms in total. The first kappa shape index (κ1) is 14.6. The number of nitrogens with one attached hydrogen (secondary N) is 1. The van der Waals surface area contributed by atoms with Crippen LogP contribution in [0.5, 0.6) is 0 Å². The zero-order valence-corrected chi connectivity index (χ0v) is 12.2. The second kappa shape index (κ2) is 6.07. The number of furan rings is 1. The van der Waals surface area contributed by atoms with Crippen molar-refractivity contribution in [3.05, 3.63) is 65.0 Å². The molecule has 1 N–H and O–H groups in total. The van der Waals surface area contributed by atoms with E-state index in [1.807, 2.05) is 37.3 Å². The summed E-state index contributed by atoms with van der Waals surface area (Å²) in [7, 11) is -3.51. The number of hydrogen-bond donors (Lipinski definition) is 1. The molecule has 20 heavy (non-hydrogen) atoms. The highest BCUT2D eigenvalue weighted by Gasteiger charge is 2.15. The van der Waals surface area contributed by atoms with Crippen LogP contribution in [0.1, 0.15) is 30.0 Å². The molecule has 0 aliphatic rings. The Morgan fingerprint density at radius 1 is 1.15 bits per heavy atom. The zero-order chi connectivity index (χ0) is 14.6. The summed E-state index contributed by atoms with van der Waals surface area (Å²) < 4.78 is 31.9. The maximum absolute atomic E-state index is 12.0. The van der Waals surface area contributed by atoms with Crippen LogP contribution in [0.4, 0.5) is 0 Å². The predicted molar refractivity (Wildman–Crippen MR) is 79.4 cm³/mol. The summed E-state index contributed by atoms with van der Waals surface area (Å²) in [6.45, 7) is 3.56. The van der Waals surface area contributed by atoms with E-state index in [1.54, 1.807) is 25.1 Å². The normalized spacial score (nSPS) is 13.7. The van der Waals surface area contributed by atoms with Gasteiger partial charge < -0.3 is 4.42 Å². The van der Waals surface area contributed by atoms with Gasteiger partial charge in [-0.1, -0.05) is 30.3 Å². The van der Waals surface area contributed by atoms with E-state index in [2.05, 4.69) is 4.72 Å². The van der Waals surface area contributed by atoms with Crippen molar-refractivity contribution < 1.29 is 12.8 Å². The average Bonchev–Trinajstić information content (AvgIpc) is 2.84. The molecule has 1 heterocycles. The highest BCUT2D eigenvalue weighted by molar-refractivity contribution is 7.92. The number of hydrogen-bond acceptors (Lipinski definition) is 3. The van der Waals surface area contributed by atoms with Crippen LogP contribution < -0.4 is 4.72 Å². The van der Waals surface area contributed by atoms with Crippen molar-refractivity contribution in [2.45, 2.75) is 19.9 Å². The highest BCUT2D eigenvalue weighted by atomic mass is 32.2. The lowest BCUT2D eigenvalue weighted by Crippen LogP contribution is -2.24. The predicted octanol–water partition coefficient (Wildman–Crippen LogP) is 3.24. The molecule has 5 heteroatoms. The quantitative estimate of drug-likeness (QED) is 0.920. The van der Waals surface area contributed by atoms with Crippen LogP contribution in [0.3, 0.4) is 0 Å². The minimum atomic E-state index is -3.51. The number of sulfonamides is 1. The Kier molecular flexibility index (Phi) is 4.42. The molecule has 0 saturated carbocycles. The molecule has 0 bridgehead atoms. The summed E-state index contributed by atoms with van der Waals surface area (Å²) in [5.74, 6) is 1.35. The second-order valence-electron chi connectivity index (χ2n) is 4.55. The fourth-order valence-electron chi connectivity index (χ4n) is 1.76. The van der Waals surface area contributed by atoms with Gasteiger partial charge in [-0.05, 0) is 37.6 Å². The number of aryl methyl sites for hydroxylation is 1. The van der Waals surface area contributed by atoms with Crippen LogP contribution >= 0.6 is 0 Å². The van der Waals surface area contributed by atoms with Gasteiger partial charge in [0.05, 0.1) is 6.04 Å². The van der Waals surface area contributed by atoms with Crippen molar-refractivity contribution in [1.29, 1.82) is 0 Å². The monoisotopic (exact) mass is 291 g/mol. The molecule has 1 unspecified atom stereocenters. The lowest BCUT2D eigenvalue weighted by Gasteiger charge is -2.09. The van der Waals surface area contributed by atoms with Crippen LogP contribution in [0.15, 0.2) is 52.3 Å². The summed E-state index contributed by atoms with van der Waals surface area (Å²) >= 11 is 0. The van der Waals surface area contributed by atoms with E-state index >= 15 is 0 Å². The van der Waals surface area contributed by atoms with Crippen molar-refractivity contribution in [3.8, 4) is 0 Å². The SMILES string of the molecule is Cc1ccc(C(C)NS(=O)(=O)/C=C/c2ccccc2)o1. The first-order valence-corrected chi connectivity index (χ1v) is 7.83. The molecule has 0 amide bonds. The second-order valence-corrected chi connectivity index (χ2v) is 6.14. The van der Waals surface area contributed by atoms with Crippen molar-refractivity contribution in [1.82, 2.24) is 4.72 Å². The molecule has 1 atom stereocenters. The molecule has 1 aromatic heterocycles. The molecule has 0 saturated heterocycles. The van der Waals surface area contributed by atoms with E-state index in [0.717, 1.165) is 16.7 Å². The van der Waals surface area contributed by atoms with Crippen LogP contribution in [-0.2, 0) is 10.0 Å². The zero-order valence-electron chi connectivity index (χ0n) is 11.4. The van der Waals surface area contributed by atoms with Gasteiger partial charge in [-0.15, -0.1) is 0 Å². The highest BCUT2D eigenvalue weighted by Crippen LogP contribution is 2.16. The largest absolute Gasteiger partial charge is 0.465 e. The summed E-state index contributed by atoms with van der Waals surface area (Å²) in [5, 5.41) is 1.16. The Morgan fingerprint density at radius 2 is 1.85 bits per heavy atom. The lowest BCUT2D eigenvalue weighted by atomic mass is 10.2. The van der Waals surface area contributed by atoms with E-state index in [-0.39, 0.29) is 0 Å². The first-order chi connectivity index (χ1) is 9.46. The van der Waals surface area contributed by atoms with Crippen molar-refractivity contribution in [3.63, 3.8) is 0 Å². The molecule has 1 aromatic carbocycles. The van der Waals surface area contributed by atoms with Gasteiger partial charge in [0.15, 0.2) is 0 Å². The molecule has 2 aromatic rings. The minimum absolute atomic E-state index is 0.408. The van der Waals surface area contributed by atoms with Gasteiger partial charge in [0, 0.05) is 5.41 Å². The van der Waals surface area contributed by atoms with Gasteiger partial charge in [-0.25, -0.2) is 13.1 Å². The van der Waals surface area contributed by atoms with Crippen molar-refractivity contribution in [2.24, 2.45) is 0 Å². The van der Waals surface area contributed by atoms with Gasteiger partial charge in [0.2, 0.25) is 10.0 Å². The molecule has 0 aliphatic heterocycles. The maximum atomic E-state index is 12.0. The van der Waals surface area contributed by atoms with E-state index in [4.69, 9.17) is 4.42 Å². The van der Waals surface area contributed by atoms with E-state index < -0.39 is 16.1 Å². The lowest BCUT2D eigenvalue weighted by molar-refractivity contribution is 0.442. The number of benzene rings is 1. The van der Waals surface area contributed by atoms with Gasteiger partial charge >= 0.3 is 0 Å². The van der Waals surface area contributed by atoms with Gasteiger partial charge in [0.1, 0.15) is 11.5 Å². The molecule has 0 fully saturated rings. The Morgan fingerprint density at radius 3 is 2.45 bits per heavy atom. The third kappa shape index (κ3) is 4.08. The fraction of sp³-hybridized carbons (Fsp3) is 0.200. The Balaban J connectivity index is 2.06. The third-order valence-electron chi connectivity index (χ3n) is 2.77. The smallest absolute Gasteiger partial charge is 0.234 e. The summed E-state index contributed by atoms with van der Waals surface area (Å²) in [5.41, 5.74) is 0.833. The maximum Gasteiger partial charge on any atom is 0.234 e.